The molecule has 0 amide bonds. The van der Waals surface area contributed by atoms with Gasteiger partial charge in [-0.1, -0.05) is 0 Å². The van der Waals surface area contributed by atoms with Crippen LogP contribution in [0.2, 0.25) is 0 Å². The highest BCUT2D eigenvalue weighted by atomic mass is 32.1. The average Bonchev–Trinajstić information content (AvgIpc) is 3.20. The zero-order chi connectivity index (χ0) is 19.9. The van der Waals surface area contributed by atoms with E-state index in [-0.39, 0.29) is 5.97 Å². The average molecular weight is 398 g/mol. The molecule has 28 heavy (non-hydrogen) atoms. The van der Waals surface area contributed by atoms with Crippen molar-refractivity contribution in [3.63, 3.8) is 0 Å². The Kier molecular flexibility index (Phi) is 6.60. The van der Waals surface area contributed by atoms with Crippen LogP contribution in [0.3, 0.4) is 0 Å². The second-order valence-corrected chi connectivity index (χ2v) is 6.57. The van der Waals surface area contributed by atoms with E-state index in [1.165, 1.54) is 11.3 Å². The van der Waals surface area contributed by atoms with E-state index in [1.807, 2.05) is 37.4 Å². The number of pyridine rings is 1. The molecule has 0 saturated heterocycles. The third-order valence-corrected chi connectivity index (χ3v) is 4.72. The summed E-state index contributed by atoms with van der Waals surface area (Å²) in [5, 5.41) is 2.76. The SMILES string of the molecule is CCOC(=O)c1ccnc(-c2csc(-c3ccc(OCC)c(OCC)c3)n2)c1. The van der Waals surface area contributed by atoms with Gasteiger partial charge in [-0.2, -0.15) is 0 Å². The van der Waals surface area contributed by atoms with Gasteiger partial charge in [0, 0.05) is 17.1 Å². The molecule has 0 aliphatic rings. The standard InChI is InChI=1S/C21H22N2O4S/c1-4-25-18-8-7-14(12-19(18)26-5-2)20-23-17(13-28-20)16-11-15(9-10-22-16)21(24)27-6-3/h7-13H,4-6H2,1-3H3. The van der Waals surface area contributed by atoms with Gasteiger partial charge < -0.3 is 14.2 Å². The Hall–Kier alpha value is -2.93. The quantitative estimate of drug-likeness (QED) is 0.505. The number of benzene rings is 1. The Bertz CT molecular complexity index is 955. The summed E-state index contributed by atoms with van der Waals surface area (Å²) >= 11 is 1.50. The molecule has 0 bridgehead atoms. The first-order chi connectivity index (χ1) is 13.7. The minimum atomic E-state index is -0.366. The molecule has 0 radical (unpaired) electrons. The van der Waals surface area contributed by atoms with Gasteiger partial charge >= 0.3 is 5.97 Å². The number of rotatable bonds is 8. The number of thiazole rings is 1. The van der Waals surface area contributed by atoms with Crippen molar-refractivity contribution in [1.29, 1.82) is 0 Å². The Morgan fingerprint density at radius 1 is 0.964 bits per heavy atom. The van der Waals surface area contributed by atoms with Crippen molar-refractivity contribution in [2.24, 2.45) is 0 Å². The Morgan fingerprint density at radius 2 is 1.75 bits per heavy atom. The molecule has 0 atom stereocenters. The number of ether oxygens (including phenoxy) is 3. The van der Waals surface area contributed by atoms with Crippen molar-refractivity contribution in [3.8, 4) is 33.5 Å². The van der Waals surface area contributed by atoms with Gasteiger partial charge in [0.05, 0.1) is 31.1 Å². The van der Waals surface area contributed by atoms with Crippen molar-refractivity contribution in [2.45, 2.75) is 20.8 Å². The van der Waals surface area contributed by atoms with Gasteiger partial charge in [0.1, 0.15) is 10.7 Å². The number of carbonyl (C=O) groups excluding carboxylic acids is 1. The summed E-state index contributed by atoms with van der Waals surface area (Å²) in [7, 11) is 0. The highest BCUT2D eigenvalue weighted by Gasteiger charge is 2.14. The molecule has 0 aliphatic carbocycles. The van der Waals surface area contributed by atoms with Crippen molar-refractivity contribution >= 4 is 17.3 Å². The fraction of sp³-hybridized carbons (Fsp3) is 0.286. The van der Waals surface area contributed by atoms with Crippen LogP contribution in [0.4, 0.5) is 0 Å². The van der Waals surface area contributed by atoms with E-state index in [0.717, 1.165) is 10.6 Å². The lowest BCUT2D eigenvalue weighted by molar-refractivity contribution is 0.0526. The van der Waals surface area contributed by atoms with Crippen molar-refractivity contribution in [1.82, 2.24) is 9.97 Å². The summed E-state index contributed by atoms with van der Waals surface area (Å²) in [5.74, 6) is 1.05. The van der Waals surface area contributed by atoms with Crippen molar-refractivity contribution < 1.29 is 19.0 Å². The molecule has 146 valence electrons. The third kappa shape index (κ3) is 4.48. The van der Waals surface area contributed by atoms with E-state index in [0.29, 0.717) is 48.3 Å². The zero-order valence-corrected chi connectivity index (χ0v) is 16.9. The van der Waals surface area contributed by atoms with Crippen LogP contribution in [0.5, 0.6) is 11.5 Å². The van der Waals surface area contributed by atoms with Crippen LogP contribution in [0, 0.1) is 0 Å². The molecule has 0 aliphatic heterocycles. The van der Waals surface area contributed by atoms with E-state index in [1.54, 1.807) is 25.3 Å². The maximum absolute atomic E-state index is 11.9. The molecule has 2 heterocycles. The molecular formula is C21H22N2O4S. The first kappa shape index (κ1) is 19.8. The van der Waals surface area contributed by atoms with Crippen LogP contribution < -0.4 is 9.47 Å². The van der Waals surface area contributed by atoms with E-state index in [4.69, 9.17) is 14.2 Å². The normalized spacial score (nSPS) is 10.5. The number of hydrogen-bond donors (Lipinski definition) is 0. The molecule has 0 fully saturated rings. The van der Waals surface area contributed by atoms with Gasteiger partial charge in [-0.05, 0) is 51.1 Å². The molecular weight excluding hydrogens is 376 g/mol. The Morgan fingerprint density at radius 3 is 2.50 bits per heavy atom. The van der Waals surface area contributed by atoms with E-state index in [9.17, 15) is 4.79 Å². The fourth-order valence-electron chi connectivity index (χ4n) is 2.62. The lowest BCUT2D eigenvalue weighted by Crippen LogP contribution is -2.05. The lowest BCUT2D eigenvalue weighted by Gasteiger charge is -2.11. The maximum Gasteiger partial charge on any atom is 0.338 e. The largest absolute Gasteiger partial charge is 0.490 e. The van der Waals surface area contributed by atoms with Crippen LogP contribution in [0.15, 0.2) is 41.9 Å². The first-order valence-corrected chi connectivity index (χ1v) is 10.0. The molecule has 3 aromatic rings. The van der Waals surface area contributed by atoms with Gasteiger partial charge in [-0.25, -0.2) is 9.78 Å². The lowest BCUT2D eigenvalue weighted by atomic mass is 10.2. The molecule has 0 unspecified atom stereocenters. The van der Waals surface area contributed by atoms with Crippen LogP contribution in [0.25, 0.3) is 22.0 Å². The Labute approximate surface area is 168 Å². The van der Waals surface area contributed by atoms with Crippen LogP contribution in [-0.2, 0) is 4.74 Å². The summed E-state index contributed by atoms with van der Waals surface area (Å²) in [5.41, 5.74) is 2.73. The highest BCUT2D eigenvalue weighted by Crippen LogP contribution is 2.35. The van der Waals surface area contributed by atoms with Gasteiger partial charge in [-0.3, -0.25) is 4.98 Å². The summed E-state index contributed by atoms with van der Waals surface area (Å²) in [6.07, 6.45) is 1.59. The predicted molar refractivity (Wildman–Crippen MR) is 109 cm³/mol. The van der Waals surface area contributed by atoms with E-state index >= 15 is 0 Å². The molecule has 0 spiro atoms. The van der Waals surface area contributed by atoms with Crippen LogP contribution >= 0.6 is 11.3 Å². The minimum Gasteiger partial charge on any atom is -0.490 e. The molecule has 0 N–H and O–H groups in total. The number of esters is 1. The van der Waals surface area contributed by atoms with Gasteiger partial charge in [0.2, 0.25) is 0 Å². The predicted octanol–water partition coefficient (Wildman–Crippen LogP) is 4.85. The number of hydrogen-bond acceptors (Lipinski definition) is 7. The van der Waals surface area contributed by atoms with Crippen molar-refractivity contribution in [2.75, 3.05) is 19.8 Å². The third-order valence-electron chi connectivity index (χ3n) is 3.83. The first-order valence-electron chi connectivity index (χ1n) is 9.15. The van der Waals surface area contributed by atoms with Crippen LogP contribution in [0.1, 0.15) is 31.1 Å². The fourth-order valence-corrected chi connectivity index (χ4v) is 3.43. The topological polar surface area (TPSA) is 70.5 Å². The van der Waals surface area contributed by atoms with Gasteiger partial charge in [0.15, 0.2) is 11.5 Å². The second-order valence-electron chi connectivity index (χ2n) is 5.72. The molecule has 0 saturated carbocycles. The summed E-state index contributed by atoms with van der Waals surface area (Å²) < 4.78 is 16.4. The number of nitrogens with zero attached hydrogens (tertiary/aromatic N) is 2. The van der Waals surface area contributed by atoms with Crippen LogP contribution in [-0.4, -0.2) is 35.8 Å². The molecule has 1 aromatic carbocycles. The molecule has 3 rings (SSSR count). The van der Waals surface area contributed by atoms with Gasteiger partial charge in [0.25, 0.3) is 0 Å². The second kappa shape index (κ2) is 9.32. The zero-order valence-electron chi connectivity index (χ0n) is 16.1. The molecule has 6 nitrogen and oxygen atoms in total. The molecule has 7 heteroatoms. The summed E-state index contributed by atoms with van der Waals surface area (Å²) in [6.45, 7) is 7.11. The van der Waals surface area contributed by atoms with Gasteiger partial charge in [-0.15, -0.1) is 11.3 Å². The molecule has 2 aromatic heterocycles. The minimum absolute atomic E-state index is 0.331. The summed E-state index contributed by atoms with van der Waals surface area (Å²) in [4.78, 5) is 21.0. The summed E-state index contributed by atoms with van der Waals surface area (Å²) in [6, 6.07) is 9.11. The monoisotopic (exact) mass is 398 g/mol. The van der Waals surface area contributed by atoms with Crippen molar-refractivity contribution in [3.05, 3.63) is 47.5 Å². The highest BCUT2D eigenvalue weighted by molar-refractivity contribution is 7.13. The van der Waals surface area contributed by atoms with E-state index < -0.39 is 0 Å². The number of carbonyl (C=O) groups is 1. The Balaban J connectivity index is 1.89. The smallest absolute Gasteiger partial charge is 0.338 e. The maximum atomic E-state index is 11.9. The van der Waals surface area contributed by atoms with E-state index in [2.05, 4.69) is 9.97 Å². The number of aromatic nitrogens is 2.